The van der Waals surface area contributed by atoms with Gasteiger partial charge in [-0.3, -0.25) is 0 Å². The van der Waals surface area contributed by atoms with Gasteiger partial charge in [-0.1, -0.05) is 185 Å². The largest absolute Gasteiger partial charge is 0.354 e. The maximum Gasteiger partial charge on any atom is 0.0623 e. The molecule has 0 radical (unpaired) electrons. The summed E-state index contributed by atoms with van der Waals surface area (Å²) in [4.78, 5) is 0. The van der Waals surface area contributed by atoms with Crippen LogP contribution in [0.5, 0.6) is 0 Å². The van der Waals surface area contributed by atoms with Gasteiger partial charge in [-0.15, -0.1) is 0 Å². The van der Waals surface area contributed by atoms with Gasteiger partial charge in [0.2, 0.25) is 0 Å². The Morgan fingerprint density at radius 3 is 1.56 bits per heavy atom. The van der Waals surface area contributed by atoms with Gasteiger partial charge < -0.3 is 21.3 Å². The number of hydrogen-bond donors (Lipinski definition) is 4. The summed E-state index contributed by atoms with van der Waals surface area (Å²) >= 11 is 0. The highest BCUT2D eigenvalue weighted by atomic mass is 15.0. The number of hydrogen-bond acceptors (Lipinski definition) is 4. The number of rotatable bonds is 10. The second kappa shape index (κ2) is 16.2. The van der Waals surface area contributed by atoms with Crippen molar-refractivity contribution in [2.75, 3.05) is 21.3 Å². The highest BCUT2D eigenvalue weighted by molar-refractivity contribution is 6.01. The quantitative estimate of drug-likeness (QED) is 0.111. The van der Waals surface area contributed by atoms with E-state index in [0.717, 1.165) is 45.5 Å². The number of fused-ring (bicyclic) bond motifs is 7. The molecule has 0 atom stereocenters. The first-order valence-corrected chi connectivity index (χ1v) is 23.7. The van der Waals surface area contributed by atoms with Gasteiger partial charge in [-0.05, 0) is 122 Å². The minimum Gasteiger partial charge on any atom is -0.354 e. The predicted octanol–water partition coefficient (Wildman–Crippen LogP) is 17.8. The zero-order valence-corrected chi connectivity index (χ0v) is 38.8. The third-order valence-electron chi connectivity index (χ3n) is 14.4. The van der Waals surface area contributed by atoms with Crippen LogP contribution in [-0.4, -0.2) is 0 Å². The molecule has 0 aromatic heterocycles. The first-order valence-electron chi connectivity index (χ1n) is 23.7. The summed E-state index contributed by atoms with van der Waals surface area (Å²) < 4.78 is 0. The van der Waals surface area contributed by atoms with E-state index in [1.807, 2.05) is 0 Å². The van der Waals surface area contributed by atoms with Gasteiger partial charge in [-0.25, -0.2) is 0 Å². The fourth-order valence-electron chi connectivity index (χ4n) is 11.0. The van der Waals surface area contributed by atoms with Crippen molar-refractivity contribution in [1.82, 2.24) is 0 Å². The molecule has 0 amide bonds. The van der Waals surface area contributed by atoms with E-state index < -0.39 is 0 Å². The first-order chi connectivity index (χ1) is 33.2. The molecule has 10 aromatic rings. The van der Waals surface area contributed by atoms with Crippen molar-refractivity contribution in [2.24, 2.45) is 0 Å². The van der Waals surface area contributed by atoms with Crippen molar-refractivity contribution in [1.29, 1.82) is 0 Å². The Hall–Kier alpha value is -8.34. The van der Waals surface area contributed by atoms with Gasteiger partial charge in [0.25, 0.3) is 0 Å². The molecular weight excluding hydrogens is 825 g/mol. The summed E-state index contributed by atoms with van der Waals surface area (Å²) in [6, 6.07) is 78.7. The number of anilines is 8. The molecule has 12 rings (SSSR count). The molecule has 2 aliphatic carbocycles. The van der Waals surface area contributed by atoms with Crippen molar-refractivity contribution >= 4 is 56.3 Å². The lowest BCUT2D eigenvalue weighted by Gasteiger charge is -2.26. The van der Waals surface area contributed by atoms with E-state index in [1.165, 1.54) is 77.5 Å². The van der Waals surface area contributed by atoms with E-state index in [2.05, 4.69) is 267 Å². The minimum absolute atomic E-state index is 0.183. The van der Waals surface area contributed by atoms with Gasteiger partial charge in [0.05, 0.1) is 22.7 Å². The highest BCUT2D eigenvalue weighted by Gasteiger charge is 2.41. The van der Waals surface area contributed by atoms with E-state index >= 15 is 0 Å². The molecule has 0 saturated carbocycles. The fraction of sp³-hybridized carbons (Fsp3) is 0.0938. The molecule has 0 unspecified atom stereocenters. The van der Waals surface area contributed by atoms with Gasteiger partial charge in [0.1, 0.15) is 0 Å². The molecule has 68 heavy (non-hydrogen) atoms. The summed E-state index contributed by atoms with van der Waals surface area (Å²) in [6.07, 6.45) is 0. The molecule has 4 heteroatoms. The van der Waals surface area contributed by atoms with Gasteiger partial charge in [-0.2, -0.15) is 0 Å². The third-order valence-corrected chi connectivity index (χ3v) is 14.4. The lowest BCUT2D eigenvalue weighted by Crippen LogP contribution is -2.16. The highest BCUT2D eigenvalue weighted by Crippen LogP contribution is 2.57. The molecular formula is C64H52N4. The van der Waals surface area contributed by atoms with Gasteiger partial charge >= 0.3 is 0 Å². The second-order valence-corrected chi connectivity index (χ2v) is 19.3. The van der Waals surface area contributed by atoms with E-state index in [1.54, 1.807) is 0 Å². The predicted molar refractivity (Wildman–Crippen MR) is 289 cm³/mol. The zero-order valence-electron chi connectivity index (χ0n) is 38.8. The van der Waals surface area contributed by atoms with E-state index in [9.17, 15) is 0 Å². The third kappa shape index (κ3) is 6.91. The maximum absolute atomic E-state index is 3.95. The average Bonchev–Trinajstić information content (AvgIpc) is 3.76. The zero-order chi connectivity index (χ0) is 46.0. The van der Waals surface area contributed by atoms with Crippen LogP contribution in [-0.2, 0) is 10.8 Å². The van der Waals surface area contributed by atoms with Gasteiger partial charge in [0.15, 0.2) is 0 Å². The van der Waals surface area contributed by atoms with Crippen molar-refractivity contribution in [2.45, 2.75) is 38.5 Å². The van der Waals surface area contributed by atoms with Crippen LogP contribution >= 0.6 is 0 Å². The maximum atomic E-state index is 3.95. The summed E-state index contributed by atoms with van der Waals surface area (Å²) in [5.74, 6) is 0. The van der Waals surface area contributed by atoms with Crippen LogP contribution in [0, 0.1) is 0 Å². The van der Waals surface area contributed by atoms with Crippen LogP contribution in [0.4, 0.5) is 45.5 Å². The van der Waals surface area contributed by atoms with Crippen LogP contribution < -0.4 is 21.3 Å². The van der Waals surface area contributed by atoms with E-state index in [4.69, 9.17) is 0 Å². The SMILES string of the molecule is CC1(C)c2ccc(-c3ccc(Nc4ccccc4Nc4cccc5ccccc45)c4c3C(C)(C)c3ccccc3-4)cc2-c2c(Nc3ccccc3Nc3ccc(-c4ccccc4)cc3)cccc21. The Bertz CT molecular complexity index is 3560. The molecule has 0 aliphatic heterocycles. The fourth-order valence-corrected chi connectivity index (χ4v) is 11.0. The molecule has 2 aliphatic rings. The molecule has 0 saturated heterocycles. The Kier molecular flexibility index (Phi) is 9.81. The topological polar surface area (TPSA) is 48.1 Å². The summed E-state index contributed by atoms with van der Waals surface area (Å²) in [5, 5.41) is 17.8. The Labute approximate surface area is 399 Å². The molecule has 328 valence electrons. The minimum atomic E-state index is -0.249. The summed E-state index contributed by atoms with van der Waals surface area (Å²) in [6.45, 7) is 9.50. The average molecular weight is 877 g/mol. The summed E-state index contributed by atoms with van der Waals surface area (Å²) in [7, 11) is 0. The van der Waals surface area contributed by atoms with Crippen molar-refractivity contribution in [3.05, 3.63) is 241 Å². The van der Waals surface area contributed by atoms with Gasteiger partial charge in [0, 0.05) is 50.1 Å². The van der Waals surface area contributed by atoms with Crippen LogP contribution in [0.3, 0.4) is 0 Å². The molecule has 10 aromatic carbocycles. The Balaban J connectivity index is 0.919. The Morgan fingerprint density at radius 2 is 0.809 bits per heavy atom. The summed E-state index contributed by atoms with van der Waals surface area (Å²) in [5.41, 5.74) is 23.2. The smallest absolute Gasteiger partial charge is 0.0623 e. The van der Waals surface area contributed by atoms with Crippen molar-refractivity contribution in [3.8, 4) is 44.5 Å². The number of benzene rings is 10. The molecule has 4 nitrogen and oxygen atoms in total. The molecule has 0 bridgehead atoms. The lowest BCUT2D eigenvalue weighted by molar-refractivity contribution is 0.659. The van der Waals surface area contributed by atoms with Crippen LogP contribution in [0.25, 0.3) is 55.3 Å². The van der Waals surface area contributed by atoms with Crippen LogP contribution in [0.2, 0.25) is 0 Å². The monoisotopic (exact) mass is 876 g/mol. The molecule has 4 N–H and O–H groups in total. The van der Waals surface area contributed by atoms with Crippen molar-refractivity contribution in [3.63, 3.8) is 0 Å². The second-order valence-electron chi connectivity index (χ2n) is 19.3. The Morgan fingerprint density at radius 1 is 0.294 bits per heavy atom. The van der Waals surface area contributed by atoms with E-state index in [-0.39, 0.29) is 10.8 Å². The molecule has 0 fully saturated rings. The lowest BCUT2D eigenvalue weighted by atomic mass is 9.78. The van der Waals surface area contributed by atoms with Crippen LogP contribution in [0.1, 0.15) is 49.9 Å². The first kappa shape index (κ1) is 41.1. The molecule has 0 heterocycles. The number of nitrogens with one attached hydrogen (secondary N) is 4. The molecule has 0 spiro atoms. The number of para-hydroxylation sites is 4. The van der Waals surface area contributed by atoms with E-state index in [0.29, 0.717) is 0 Å². The standard InChI is InChI=1S/C64H52N4/c1-63(2)51-38-34-44(40-49(51)60-52(63)25-17-31-58(60)67-55-27-13-12-26-54(55)65-45-35-32-42(33-36-45)41-18-6-5-7-19-41)47-37-39-59(61-48-23-10-11-24-50(48)64(3,4)62(47)61)68-57-29-15-14-28-56(57)66-53-30-16-21-43-20-8-9-22-46(43)53/h5-40,65-68H,1-4H3. The normalized spacial score (nSPS) is 13.5. The van der Waals surface area contributed by atoms with Crippen LogP contribution in [0.15, 0.2) is 218 Å². The van der Waals surface area contributed by atoms with Crippen molar-refractivity contribution < 1.29 is 0 Å².